The minimum absolute atomic E-state index is 0.0624. The second-order valence-electron chi connectivity index (χ2n) is 6.07. The third-order valence-electron chi connectivity index (χ3n) is 3.95. The number of para-hydroxylation sites is 3. The van der Waals surface area contributed by atoms with Gasteiger partial charge in [-0.05, 0) is 42.3 Å². The van der Waals surface area contributed by atoms with Crippen molar-refractivity contribution in [2.24, 2.45) is 0 Å². The molecule has 0 aliphatic heterocycles. The molecule has 0 atom stereocenters. The fourth-order valence-electron chi connectivity index (χ4n) is 2.72. The van der Waals surface area contributed by atoms with Crippen LogP contribution in [0.4, 0.5) is 5.69 Å². The Morgan fingerprint density at radius 1 is 0.963 bits per heavy atom. The molecule has 0 saturated heterocycles. The number of hydrogen-bond acceptors (Lipinski definition) is 4. The zero-order chi connectivity index (χ0) is 19.1. The number of benzene rings is 2. The number of rotatable bonds is 8. The average molecular weight is 382 g/mol. The molecule has 5 nitrogen and oxygen atoms in total. The summed E-state index contributed by atoms with van der Waals surface area (Å²) in [4.78, 5) is 4.10. The van der Waals surface area contributed by atoms with Gasteiger partial charge in [0, 0.05) is 12.4 Å². The summed E-state index contributed by atoms with van der Waals surface area (Å²) in [6, 6.07) is 20.2. The van der Waals surface area contributed by atoms with E-state index in [0.29, 0.717) is 23.6 Å². The van der Waals surface area contributed by atoms with Gasteiger partial charge in [0.15, 0.2) is 5.75 Å². The lowest BCUT2D eigenvalue weighted by atomic mass is 10.2. The Bertz CT molecular complexity index is 961. The first-order valence-electron chi connectivity index (χ1n) is 8.81. The van der Waals surface area contributed by atoms with Crippen molar-refractivity contribution in [3.05, 3.63) is 84.7 Å². The summed E-state index contributed by atoms with van der Waals surface area (Å²) in [5.41, 5.74) is 1.32. The van der Waals surface area contributed by atoms with Crippen LogP contribution >= 0.6 is 0 Å². The second kappa shape index (κ2) is 8.68. The number of sulfonamides is 1. The predicted octanol–water partition coefficient (Wildman–Crippen LogP) is 4.62. The summed E-state index contributed by atoms with van der Waals surface area (Å²) < 4.78 is 33.4. The minimum Gasteiger partial charge on any atom is -0.455 e. The first kappa shape index (κ1) is 18.9. The lowest BCUT2D eigenvalue weighted by Crippen LogP contribution is -2.32. The minimum atomic E-state index is -3.51. The van der Waals surface area contributed by atoms with E-state index in [1.807, 2.05) is 55.5 Å². The van der Waals surface area contributed by atoms with Crippen molar-refractivity contribution < 1.29 is 13.2 Å². The van der Waals surface area contributed by atoms with E-state index in [0.717, 1.165) is 5.56 Å². The Hall–Kier alpha value is -2.86. The van der Waals surface area contributed by atoms with Crippen molar-refractivity contribution in [3.63, 3.8) is 0 Å². The van der Waals surface area contributed by atoms with Crippen LogP contribution in [0.25, 0.3) is 0 Å². The van der Waals surface area contributed by atoms with E-state index in [1.54, 1.807) is 30.6 Å². The van der Waals surface area contributed by atoms with E-state index >= 15 is 0 Å². The average Bonchev–Trinajstić information content (AvgIpc) is 2.68. The highest BCUT2D eigenvalue weighted by Gasteiger charge is 2.25. The number of pyridine rings is 1. The Kier molecular flexibility index (Phi) is 6.08. The molecule has 0 bridgehead atoms. The summed E-state index contributed by atoms with van der Waals surface area (Å²) in [6.45, 7) is 2.05. The van der Waals surface area contributed by atoms with E-state index in [2.05, 4.69) is 4.98 Å². The molecule has 0 spiro atoms. The predicted molar refractivity (Wildman–Crippen MR) is 107 cm³/mol. The van der Waals surface area contributed by atoms with Crippen molar-refractivity contribution in [2.75, 3.05) is 10.1 Å². The molecule has 0 fully saturated rings. The molecule has 0 radical (unpaired) electrons. The van der Waals surface area contributed by atoms with Gasteiger partial charge >= 0.3 is 0 Å². The van der Waals surface area contributed by atoms with Crippen LogP contribution in [0.3, 0.4) is 0 Å². The van der Waals surface area contributed by atoms with Crippen LogP contribution < -0.4 is 9.04 Å². The summed E-state index contributed by atoms with van der Waals surface area (Å²) in [5.74, 6) is 1.21. The zero-order valence-electron chi connectivity index (χ0n) is 15.2. The quantitative estimate of drug-likeness (QED) is 0.570. The van der Waals surface area contributed by atoms with Gasteiger partial charge < -0.3 is 4.74 Å². The molecule has 27 heavy (non-hydrogen) atoms. The van der Waals surface area contributed by atoms with Gasteiger partial charge in [0.2, 0.25) is 10.0 Å². The number of aromatic nitrogens is 1. The monoisotopic (exact) mass is 382 g/mol. The summed E-state index contributed by atoms with van der Waals surface area (Å²) in [6.07, 6.45) is 3.88. The standard InChI is InChI=1S/C21H22N2O3S/c1-2-15-27(24,25)23(17-18-9-8-14-22-16-18)20-12-6-7-13-21(20)26-19-10-4-3-5-11-19/h3-14,16H,2,15,17H2,1H3. The second-order valence-corrected chi connectivity index (χ2v) is 8.08. The van der Waals surface area contributed by atoms with E-state index in [9.17, 15) is 8.42 Å². The van der Waals surface area contributed by atoms with E-state index in [4.69, 9.17) is 4.74 Å². The normalized spacial score (nSPS) is 11.1. The van der Waals surface area contributed by atoms with Gasteiger partial charge in [0.25, 0.3) is 0 Å². The third kappa shape index (κ3) is 4.86. The largest absolute Gasteiger partial charge is 0.455 e. The molecule has 1 aromatic heterocycles. The molecule has 0 amide bonds. The topological polar surface area (TPSA) is 59.5 Å². The lowest BCUT2D eigenvalue weighted by molar-refractivity contribution is 0.482. The van der Waals surface area contributed by atoms with Crippen LogP contribution in [0.15, 0.2) is 79.1 Å². The molecule has 2 aromatic carbocycles. The van der Waals surface area contributed by atoms with Crippen molar-refractivity contribution in [1.82, 2.24) is 4.98 Å². The maximum Gasteiger partial charge on any atom is 0.235 e. The van der Waals surface area contributed by atoms with Crippen molar-refractivity contribution in [2.45, 2.75) is 19.9 Å². The van der Waals surface area contributed by atoms with E-state index < -0.39 is 10.0 Å². The molecule has 3 rings (SSSR count). The Balaban J connectivity index is 2.02. The van der Waals surface area contributed by atoms with Gasteiger partial charge in [-0.25, -0.2) is 8.42 Å². The molecule has 140 valence electrons. The SMILES string of the molecule is CCCS(=O)(=O)N(Cc1cccnc1)c1ccccc1Oc1ccccc1. The van der Waals surface area contributed by atoms with Crippen LogP contribution in [-0.4, -0.2) is 19.2 Å². The van der Waals surface area contributed by atoms with Crippen molar-refractivity contribution in [1.29, 1.82) is 0 Å². The molecule has 0 N–H and O–H groups in total. The highest BCUT2D eigenvalue weighted by molar-refractivity contribution is 7.92. The molecule has 0 saturated carbocycles. The van der Waals surface area contributed by atoms with Gasteiger partial charge in [0.1, 0.15) is 5.75 Å². The molecular weight excluding hydrogens is 360 g/mol. The number of hydrogen-bond donors (Lipinski definition) is 0. The van der Waals surface area contributed by atoms with Crippen molar-refractivity contribution >= 4 is 15.7 Å². The molecule has 6 heteroatoms. The fraction of sp³-hybridized carbons (Fsp3) is 0.190. The van der Waals surface area contributed by atoms with Crippen LogP contribution in [0.2, 0.25) is 0 Å². The van der Waals surface area contributed by atoms with Crippen LogP contribution in [0.5, 0.6) is 11.5 Å². The Morgan fingerprint density at radius 2 is 1.70 bits per heavy atom. The number of ether oxygens (including phenoxy) is 1. The fourth-order valence-corrected chi connectivity index (χ4v) is 4.26. The summed E-state index contributed by atoms with van der Waals surface area (Å²) in [7, 11) is -3.51. The smallest absolute Gasteiger partial charge is 0.235 e. The molecule has 0 aliphatic carbocycles. The van der Waals surface area contributed by atoms with Crippen LogP contribution in [-0.2, 0) is 16.6 Å². The Morgan fingerprint density at radius 3 is 2.41 bits per heavy atom. The molecule has 3 aromatic rings. The first-order valence-corrected chi connectivity index (χ1v) is 10.4. The summed E-state index contributed by atoms with van der Waals surface area (Å²) in [5, 5.41) is 0. The van der Waals surface area contributed by atoms with Gasteiger partial charge in [-0.15, -0.1) is 0 Å². The van der Waals surface area contributed by atoms with Gasteiger partial charge in [-0.1, -0.05) is 43.3 Å². The highest BCUT2D eigenvalue weighted by atomic mass is 32.2. The molecule has 1 heterocycles. The lowest BCUT2D eigenvalue weighted by Gasteiger charge is -2.26. The maximum absolute atomic E-state index is 13.0. The van der Waals surface area contributed by atoms with Gasteiger partial charge in [-0.2, -0.15) is 0 Å². The molecule has 0 aliphatic rings. The zero-order valence-corrected chi connectivity index (χ0v) is 16.0. The van der Waals surface area contributed by atoms with Gasteiger partial charge in [-0.3, -0.25) is 9.29 Å². The van der Waals surface area contributed by atoms with Crippen LogP contribution in [0, 0.1) is 0 Å². The Labute approximate surface area is 160 Å². The molecule has 0 unspecified atom stereocenters. The highest BCUT2D eigenvalue weighted by Crippen LogP contribution is 2.34. The summed E-state index contributed by atoms with van der Waals surface area (Å²) >= 11 is 0. The molecular formula is C21H22N2O3S. The van der Waals surface area contributed by atoms with Crippen molar-refractivity contribution in [3.8, 4) is 11.5 Å². The first-order chi connectivity index (χ1) is 13.1. The van der Waals surface area contributed by atoms with E-state index in [-0.39, 0.29) is 12.3 Å². The van der Waals surface area contributed by atoms with E-state index in [1.165, 1.54) is 4.31 Å². The third-order valence-corrected chi connectivity index (χ3v) is 5.87. The maximum atomic E-state index is 13.0. The van der Waals surface area contributed by atoms with Crippen LogP contribution in [0.1, 0.15) is 18.9 Å². The number of nitrogens with zero attached hydrogens (tertiary/aromatic N) is 2. The van der Waals surface area contributed by atoms with Gasteiger partial charge in [0.05, 0.1) is 18.0 Å². The number of anilines is 1.